The molecule has 58 valence electrons. The van der Waals surface area contributed by atoms with E-state index in [0.29, 0.717) is 0 Å². The van der Waals surface area contributed by atoms with E-state index in [4.69, 9.17) is 9.79 Å². The first-order valence-corrected chi connectivity index (χ1v) is 4.92. The molecule has 0 heterocycles. The summed E-state index contributed by atoms with van der Waals surface area (Å²) < 4.78 is 10.9. The molecule has 2 rings (SSSR count). The van der Waals surface area contributed by atoms with Crippen LogP contribution >= 0.6 is 7.60 Å². The molecule has 0 unspecified atom stereocenters. The van der Waals surface area contributed by atoms with Crippen molar-refractivity contribution in [3.63, 3.8) is 0 Å². The second kappa shape index (κ2) is 1.95. The Hall–Kier alpha value is -0.630. The summed E-state index contributed by atoms with van der Waals surface area (Å²) in [4.78, 5) is 17.8. The fourth-order valence-electron chi connectivity index (χ4n) is 1.44. The van der Waals surface area contributed by atoms with Gasteiger partial charge in [0.15, 0.2) is 0 Å². The van der Waals surface area contributed by atoms with Crippen LogP contribution in [-0.2, 0) is 4.57 Å². The summed E-state index contributed by atoms with van der Waals surface area (Å²) in [7, 11) is -3.96. The van der Waals surface area contributed by atoms with E-state index in [1.165, 1.54) is 0 Å². The minimum absolute atomic E-state index is 0.664. The molecule has 0 fully saturated rings. The van der Waals surface area contributed by atoms with Crippen molar-refractivity contribution >= 4 is 7.60 Å². The lowest BCUT2D eigenvalue weighted by Gasteiger charge is -2.11. The Morgan fingerprint density at radius 3 is 1.82 bits per heavy atom. The molecule has 0 saturated heterocycles. The highest BCUT2D eigenvalue weighted by atomic mass is 31.2. The van der Waals surface area contributed by atoms with Crippen molar-refractivity contribution in [3.8, 4) is 0 Å². The first kappa shape index (κ1) is 7.04. The van der Waals surface area contributed by atoms with Crippen LogP contribution in [0, 0.1) is 0 Å². The Kier molecular flexibility index (Phi) is 1.25. The van der Waals surface area contributed by atoms with Crippen LogP contribution in [0.25, 0.3) is 0 Å². The van der Waals surface area contributed by atoms with E-state index in [1.807, 2.05) is 0 Å². The SMILES string of the molecule is O=P(O)(O)C1C2=CC=C1C=C2. The quantitative estimate of drug-likeness (QED) is 0.576. The van der Waals surface area contributed by atoms with Crippen LogP contribution in [-0.4, -0.2) is 15.4 Å². The maximum Gasteiger partial charge on any atom is 0.337 e. The van der Waals surface area contributed by atoms with Crippen molar-refractivity contribution in [2.45, 2.75) is 5.66 Å². The van der Waals surface area contributed by atoms with E-state index in [9.17, 15) is 4.57 Å². The van der Waals surface area contributed by atoms with Gasteiger partial charge in [0, 0.05) is 0 Å². The zero-order valence-corrected chi connectivity index (χ0v) is 6.53. The zero-order chi connectivity index (χ0) is 8.06. The van der Waals surface area contributed by atoms with E-state index in [2.05, 4.69) is 0 Å². The van der Waals surface area contributed by atoms with Gasteiger partial charge >= 0.3 is 7.60 Å². The van der Waals surface area contributed by atoms with Gasteiger partial charge in [-0.25, -0.2) is 0 Å². The highest BCUT2D eigenvalue weighted by molar-refractivity contribution is 7.53. The van der Waals surface area contributed by atoms with Crippen LogP contribution in [0.2, 0.25) is 0 Å². The summed E-state index contributed by atoms with van der Waals surface area (Å²) in [6.45, 7) is 0. The van der Waals surface area contributed by atoms with Gasteiger partial charge in [-0.1, -0.05) is 24.3 Å². The van der Waals surface area contributed by atoms with Crippen molar-refractivity contribution in [1.82, 2.24) is 0 Å². The molecule has 0 saturated carbocycles. The summed E-state index contributed by atoms with van der Waals surface area (Å²) in [6.07, 6.45) is 7.00. The summed E-state index contributed by atoms with van der Waals surface area (Å²) in [5.74, 6) is 0. The molecular formula is C7H7O3P. The standard InChI is InChI=1S/C7H7O3P/c8-11(9,10)7-5-1-2-6(7)4-3-5/h1-4,7H,(H2,8,9,10). The summed E-state index contributed by atoms with van der Waals surface area (Å²) in [6, 6.07) is 0. The third-order valence-corrected chi connectivity index (χ3v) is 3.17. The van der Waals surface area contributed by atoms with E-state index in [1.54, 1.807) is 24.3 Å². The normalized spacial score (nSPS) is 22.4. The van der Waals surface area contributed by atoms with Crippen molar-refractivity contribution in [2.75, 3.05) is 0 Å². The lowest BCUT2D eigenvalue weighted by molar-refractivity contribution is 0.369. The Morgan fingerprint density at radius 2 is 1.64 bits per heavy atom. The number of rotatable bonds is 1. The van der Waals surface area contributed by atoms with Crippen LogP contribution in [0.1, 0.15) is 0 Å². The largest absolute Gasteiger partial charge is 0.337 e. The Labute approximate surface area is 63.9 Å². The molecule has 0 aliphatic heterocycles. The molecule has 2 aliphatic rings. The van der Waals surface area contributed by atoms with E-state index in [-0.39, 0.29) is 0 Å². The Bertz CT molecular complexity index is 310. The van der Waals surface area contributed by atoms with Crippen molar-refractivity contribution < 1.29 is 14.4 Å². The van der Waals surface area contributed by atoms with E-state index >= 15 is 0 Å². The molecular weight excluding hydrogens is 163 g/mol. The molecule has 0 aromatic heterocycles. The van der Waals surface area contributed by atoms with Gasteiger partial charge in [-0.2, -0.15) is 0 Å². The van der Waals surface area contributed by atoms with Gasteiger partial charge in [-0.15, -0.1) is 0 Å². The van der Waals surface area contributed by atoms with Crippen LogP contribution in [0.15, 0.2) is 35.5 Å². The second-order valence-corrected chi connectivity index (χ2v) is 4.35. The third-order valence-electron chi connectivity index (χ3n) is 1.90. The van der Waals surface area contributed by atoms with Gasteiger partial charge in [-0.05, 0) is 11.1 Å². The molecule has 11 heavy (non-hydrogen) atoms. The number of hydrogen-bond acceptors (Lipinski definition) is 1. The molecule has 0 radical (unpaired) electrons. The zero-order valence-electron chi connectivity index (χ0n) is 5.64. The monoisotopic (exact) mass is 170 g/mol. The summed E-state index contributed by atoms with van der Waals surface area (Å²) in [5, 5.41) is 0. The predicted molar refractivity (Wildman–Crippen MR) is 41.1 cm³/mol. The van der Waals surface area contributed by atoms with Gasteiger partial charge in [0.05, 0.1) is 0 Å². The molecule has 0 atom stereocenters. The van der Waals surface area contributed by atoms with Crippen LogP contribution in [0.4, 0.5) is 0 Å². The van der Waals surface area contributed by atoms with E-state index in [0.717, 1.165) is 11.1 Å². The van der Waals surface area contributed by atoms with Gasteiger partial charge in [0.25, 0.3) is 0 Å². The highest BCUT2D eigenvalue weighted by Crippen LogP contribution is 2.53. The van der Waals surface area contributed by atoms with Crippen LogP contribution in [0.3, 0.4) is 0 Å². The van der Waals surface area contributed by atoms with Gasteiger partial charge in [-0.3, -0.25) is 4.57 Å². The molecule has 2 aliphatic carbocycles. The average molecular weight is 170 g/mol. The third kappa shape index (κ3) is 0.932. The number of allylic oxidation sites excluding steroid dienone is 6. The summed E-state index contributed by atoms with van der Waals surface area (Å²) >= 11 is 0. The fourth-order valence-corrected chi connectivity index (χ4v) is 2.56. The molecule has 0 amide bonds. The molecule has 0 aromatic carbocycles. The molecule has 0 aromatic rings. The average Bonchev–Trinajstić information content (AvgIpc) is 2.40. The van der Waals surface area contributed by atoms with Crippen LogP contribution in [0.5, 0.6) is 0 Å². The fraction of sp³-hybridized carbons (Fsp3) is 0.143. The maximum absolute atomic E-state index is 10.9. The minimum Gasteiger partial charge on any atom is -0.324 e. The Morgan fingerprint density at radius 1 is 1.18 bits per heavy atom. The smallest absolute Gasteiger partial charge is 0.324 e. The van der Waals surface area contributed by atoms with Crippen molar-refractivity contribution in [1.29, 1.82) is 0 Å². The first-order chi connectivity index (χ1) is 5.09. The first-order valence-electron chi connectivity index (χ1n) is 3.24. The number of fused-ring (bicyclic) bond motifs is 2. The maximum atomic E-state index is 10.9. The van der Waals surface area contributed by atoms with Gasteiger partial charge in [0.2, 0.25) is 0 Å². The van der Waals surface area contributed by atoms with Crippen molar-refractivity contribution in [2.24, 2.45) is 0 Å². The van der Waals surface area contributed by atoms with Gasteiger partial charge < -0.3 is 9.79 Å². The number of hydrogen-bond donors (Lipinski definition) is 2. The summed E-state index contributed by atoms with van der Waals surface area (Å²) in [5.41, 5.74) is 0.796. The topological polar surface area (TPSA) is 57.5 Å². The van der Waals surface area contributed by atoms with Gasteiger partial charge in [0.1, 0.15) is 5.66 Å². The second-order valence-electron chi connectivity index (χ2n) is 2.66. The molecule has 3 nitrogen and oxygen atoms in total. The lowest BCUT2D eigenvalue weighted by Crippen LogP contribution is -2.04. The molecule has 2 N–H and O–H groups in total. The Balaban J connectivity index is 2.44. The molecule has 0 spiro atoms. The van der Waals surface area contributed by atoms with Crippen LogP contribution < -0.4 is 0 Å². The lowest BCUT2D eigenvalue weighted by atomic mass is 10.3. The van der Waals surface area contributed by atoms with Crippen molar-refractivity contribution in [3.05, 3.63) is 35.5 Å². The molecule has 2 bridgehead atoms. The molecule has 4 heteroatoms. The minimum atomic E-state index is -3.96. The highest BCUT2D eigenvalue weighted by Gasteiger charge is 2.38. The predicted octanol–water partition coefficient (Wildman–Crippen LogP) is 0.969. The van der Waals surface area contributed by atoms with E-state index < -0.39 is 13.3 Å².